The summed E-state index contributed by atoms with van der Waals surface area (Å²) < 4.78 is 84.5. The van der Waals surface area contributed by atoms with E-state index in [1.807, 2.05) is 0 Å². The molecule has 182 valence electrons. The highest BCUT2D eigenvalue weighted by atomic mass is 32.2. The van der Waals surface area contributed by atoms with Crippen molar-refractivity contribution in [2.24, 2.45) is 0 Å². The summed E-state index contributed by atoms with van der Waals surface area (Å²) in [7, 11) is -4.64. The predicted molar refractivity (Wildman–Crippen MR) is 115 cm³/mol. The third-order valence-corrected chi connectivity index (χ3v) is 6.13. The predicted octanol–water partition coefficient (Wildman–Crippen LogP) is 5.04. The minimum atomic E-state index is -4.64. The third kappa shape index (κ3) is 5.00. The highest BCUT2D eigenvalue weighted by molar-refractivity contribution is 7.99. The van der Waals surface area contributed by atoms with Crippen molar-refractivity contribution in [3.8, 4) is 11.5 Å². The first kappa shape index (κ1) is 24.7. The van der Waals surface area contributed by atoms with Gasteiger partial charge in [-0.15, -0.1) is 0 Å². The Morgan fingerprint density at radius 1 is 0.971 bits per heavy atom. The second-order valence-corrected chi connectivity index (χ2v) is 9.38. The van der Waals surface area contributed by atoms with Gasteiger partial charge in [0.2, 0.25) is 34.8 Å². The van der Waals surface area contributed by atoms with Crippen molar-refractivity contribution in [2.45, 2.75) is 9.79 Å². The van der Waals surface area contributed by atoms with Crippen LogP contribution in [-0.2, 0) is 4.57 Å². The molecule has 0 amide bonds. The van der Waals surface area contributed by atoms with Crippen LogP contribution in [-0.4, -0.2) is 24.7 Å². The van der Waals surface area contributed by atoms with Crippen molar-refractivity contribution in [1.82, 2.24) is 15.0 Å². The van der Waals surface area contributed by atoms with Gasteiger partial charge in [0.15, 0.2) is 0 Å². The number of aromatic amines is 2. The topological polar surface area (TPSA) is 128 Å². The van der Waals surface area contributed by atoms with E-state index in [9.17, 15) is 41.1 Å². The van der Waals surface area contributed by atoms with Gasteiger partial charge in [0, 0.05) is 16.9 Å². The molecule has 35 heavy (non-hydrogen) atoms. The number of benzene rings is 2. The van der Waals surface area contributed by atoms with Crippen LogP contribution < -0.4 is 10.3 Å². The molecule has 4 N–H and O–H groups in total. The van der Waals surface area contributed by atoms with Gasteiger partial charge >= 0.3 is 7.60 Å². The molecule has 0 spiro atoms. The third-order valence-electron chi connectivity index (χ3n) is 4.47. The highest BCUT2D eigenvalue weighted by Crippen LogP contribution is 2.41. The van der Waals surface area contributed by atoms with Crippen LogP contribution in [0.2, 0.25) is 0 Å². The van der Waals surface area contributed by atoms with Crippen molar-refractivity contribution in [3.05, 3.63) is 81.5 Å². The van der Waals surface area contributed by atoms with Crippen LogP contribution in [0.1, 0.15) is 5.56 Å². The lowest BCUT2D eigenvalue weighted by Gasteiger charge is -2.12. The molecule has 0 saturated carbocycles. The summed E-state index contributed by atoms with van der Waals surface area (Å²) in [6.07, 6.45) is 3.63. The van der Waals surface area contributed by atoms with Crippen LogP contribution in [0.15, 0.2) is 51.1 Å². The fourth-order valence-corrected chi connectivity index (χ4v) is 4.25. The summed E-state index contributed by atoms with van der Waals surface area (Å²) in [6.45, 7) is 0. The van der Waals surface area contributed by atoms with Gasteiger partial charge in [0.05, 0.1) is 11.2 Å². The molecule has 4 aromatic rings. The summed E-state index contributed by atoms with van der Waals surface area (Å²) in [5, 5.41) is 0. The van der Waals surface area contributed by atoms with Crippen LogP contribution >= 0.6 is 19.4 Å². The number of ether oxygens (including phenoxy) is 1. The molecule has 4 rings (SSSR count). The van der Waals surface area contributed by atoms with Gasteiger partial charge in [0.1, 0.15) is 16.8 Å². The summed E-state index contributed by atoms with van der Waals surface area (Å²) >= 11 is 1.01. The largest absolute Gasteiger partial charge is 0.451 e. The number of nitrogens with zero attached hydrogens (tertiary/aromatic N) is 1. The van der Waals surface area contributed by atoms with Crippen LogP contribution in [0.5, 0.6) is 11.5 Å². The van der Waals surface area contributed by atoms with E-state index in [4.69, 9.17) is 4.74 Å². The second kappa shape index (κ2) is 9.30. The van der Waals surface area contributed by atoms with Gasteiger partial charge in [-0.05, 0) is 29.8 Å². The number of fused-ring (bicyclic) bond motifs is 1. The summed E-state index contributed by atoms with van der Waals surface area (Å²) in [6, 6.07) is 3.53. The molecule has 0 saturated heterocycles. The van der Waals surface area contributed by atoms with Crippen molar-refractivity contribution >= 4 is 36.5 Å². The highest BCUT2D eigenvalue weighted by Gasteiger charge is 2.27. The second-order valence-electron chi connectivity index (χ2n) is 6.82. The van der Waals surface area contributed by atoms with E-state index in [-0.39, 0.29) is 11.1 Å². The van der Waals surface area contributed by atoms with Crippen molar-refractivity contribution in [3.63, 3.8) is 0 Å². The number of nitrogens with one attached hydrogen (secondary N) is 2. The molecule has 8 nitrogen and oxygen atoms in total. The number of halogens is 5. The number of rotatable bonds is 6. The lowest BCUT2D eigenvalue weighted by atomic mass is 10.2. The Morgan fingerprint density at radius 3 is 2.29 bits per heavy atom. The fraction of sp³-hybridized carbons (Fsp3) is 0. The lowest BCUT2D eigenvalue weighted by molar-refractivity contribution is 0.332. The van der Waals surface area contributed by atoms with E-state index in [1.165, 1.54) is 18.6 Å². The first-order valence-electron chi connectivity index (χ1n) is 9.26. The lowest BCUT2D eigenvalue weighted by Crippen LogP contribution is -2.05. The molecule has 0 unspecified atom stereocenters. The van der Waals surface area contributed by atoms with E-state index in [0.717, 1.165) is 30.0 Å². The molecule has 2 aromatic carbocycles. The van der Waals surface area contributed by atoms with Gasteiger partial charge in [-0.2, -0.15) is 8.78 Å². The van der Waals surface area contributed by atoms with E-state index < -0.39 is 53.7 Å². The molecule has 0 bridgehead atoms. The molecule has 0 aliphatic rings. The van der Waals surface area contributed by atoms with E-state index in [0.29, 0.717) is 21.1 Å². The number of hydrogen-bond donors (Lipinski definition) is 4. The van der Waals surface area contributed by atoms with Gasteiger partial charge in [-0.25, -0.2) is 18.2 Å². The standard InChI is InChI=1S/C20H11F5N3O5PS/c21-12-13(22)15(24)19(16(25)14(12)23)33-9-1-2-10(8(5-9)3-4-34(30,31)32)35-11-6-26-18-17(11)27-7-28-20(18)29/h1-7,26H,(H,27,28,29)(H2,30,31,32)/b4-3+. The zero-order valence-electron chi connectivity index (χ0n) is 16.9. The molecular formula is C20H11F5N3O5PS. The monoisotopic (exact) mass is 531 g/mol. The summed E-state index contributed by atoms with van der Waals surface area (Å²) in [5.41, 5.74) is 0.0906. The maximum absolute atomic E-state index is 14.0. The average molecular weight is 531 g/mol. The van der Waals surface area contributed by atoms with Crippen molar-refractivity contribution in [2.75, 3.05) is 0 Å². The minimum Gasteiger partial charge on any atom is -0.451 e. The Morgan fingerprint density at radius 2 is 1.63 bits per heavy atom. The van der Waals surface area contributed by atoms with Crippen LogP contribution in [0.3, 0.4) is 0 Å². The molecule has 2 aromatic heterocycles. The average Bonchev–Trinajstić information content (AvgIpc) is 3.22. The Labute approximate surface area is 195 Å². The first-order chi connectivity index (χ1) is 16.5. The van der Waals surface area contributed by atoms with Gasteiger partial charge < -0.3 is 24.5 Å². The molecular weight excluding hydrogens is 520 g/mol. The zero-order chi connectivity index (χ0) is 25.5. The molecule has 0 aliphatic heterocycles. The van der Waals surface area contributed by atoms with E-state index in [1.54, 1.807) is 0 Å². The molecule has 15 heteroatoms. The molecule has 0 fully saturated rings. The smallest absolute Gasteiger partial charge is 0.349 e. The molecule has 2 heterocycles. The van der Waals surface area contributed by atoms with Crippen LogP contribution in [0.25, 0.3) is 17.1 Å². The van der Waals surface area contributed by atoms with E-state index >= 15 is 0 Å². The maximum Gasteiger partial charge on any atom is 0.349 e. The molecule has 0 aliphatic carbocycles. The number of H-pyrrole nitrogens is 2. The normalized spacial score (nSPS) is 12.1. The van der Waals surface area contributed by atoms with Crippen LogP contribution in [0, 0.1) is 29.1 Å². The number of aromatic nitrogens is 3. The minimum absolute atomic E-state index is 0.0545. The van der Waals surface area contributed by atoms with Crippen molar-refractivity contribution in [1.29, 1.82) is 0 Å². The SMILES string of the molecule is O=c1[nH]cnc2c(Sc3ccc(Oc4c(F)c(F)c(F)c(F)c4F)cc3/C=C/P(=O)(O)O)c[nH]c12. The Hall–Kier alpha value is -3.45. The molecule has 0 radical (unpaired) electrons. The van der Waals surface area contributed by atoms with Gasteiger partial charge in [-0.3, -0.25) is 9.36 Å². The van der Waals surface area contributed by atoms with Gasteiger partial charge in [0.25, 0.3) is 5.56 Å². The number of hydrogen-bond acceptors (Lipinski definition) is 5. The summed E-state index contributed by atoms with van der Waals surface area (Å²) in [5.74, 6) is -12.5. The quantitative estimate of drug-likeness (QED) is 0.119. The fourth-order valence-electron chi connectivity index (χ4n) is 2.91. The Kier molecular flexibility index (Phi) is 6.56. The maximum atomic E-state index is 14.0. The first-order valence-corrected chi connectivity index (χ1v) is 11.8. The van der Waals surface area contributed by atoms with Crippen molar-refractivity contribution < 1.29 is 41.0 Å². The Balaban J connectivity index is 1.77. The summed E-state index contributed by atoms with van der Waals surface area (Å²) in [4.78, 5) is 40.2. The molecule has 0 atom stereocenters. The zero-order valence-corrected chi connectivity index (χ0v) is 18.6. The van der Waals surface area contributed by atoms with E-state index in [2.05, 4.69) is 15.0 Å². The Bertz CT molecular complexity index is 1570. The van der Waals surface area contributed by atoms with Crippen LogP contribution in [0.4, 0.5) is 22.0 Å². The van der Waals surface area contributed by atoms with Gasteiger partial charge in [-0.1, -0.05) is 11.8 Å².